The third kappa shape index (κ3) is 6.92. The van der Waals surface area contributed by atoms with E-state index in [9.17, 15) is 9.90 Å². The minimum Gasteiger partial charge on any atom is -0.493 e. The molecule has 0 radical (unpaired) electrons. The number of aryl methyl sites for hydroxylation is 3. The standard InChI is InChI=1S/C36H38ClN5O3S2/c1-4-39-42-15-7-10-24(42)18-29-30(37)14-13-28-27(35(36(43)44)41(3)34(28)29)12-8-16-45-31-19-25(17-23-9-5-6-11-26(23)31)46-21-32-22(2)40-33(20-38)47-32/h4-6,9,11,13-14,17-19H,7-8,10,12,15-16,20-21,38H2,1-3H3,(H,43,44)/b24-18+,39-4+. The van der Waals surface area contributed by atoms with Crippen LogP contribution in [0.3, 0.4) is 0 Å². The van der Waals surface area contributed by atoms with E-state index in [0.717, 1.165) is 85.0 Å². The van der Waals surface area contributed by atoms with Crippen LogP contribution in [-0.4, -0.2) is 45.0 Å². The third-order valence-electron chi connectivity index (χ3n) is 8.46. The molecule has 1 aliphatic heterocycles. The summed E-state index contributed by atoms with van der Waals surface area (Å²) in [5, 5.41) is 21.4. The summed E-state index contributed by atoms with van der Waals surface area (Å²) in [5.41, 5.74) is 10.6. The number of thiazole rings is 1. The second kappa shape index (κ2) is 14.5. The lowest BCUT2D eigenvalue weighted by Crippen LogP contribution is -2.10. The van der Waals surface area contributed by atoms with Crippen LogP contribution in [0.15, 0.2) is 64.2 Å². The number of thioether (sulfide) groups is 1. The first-order valence-corrected chi connectivity index (χ1v) is 17.9. The number of nitrogens with zero attached hydrogens (tertiary/aromatic N) is 4. The van der Waals surface area contributed by atoms with Gasteiger partial charge in [-0.3, -0.25) is 5.01 Å². The van der Waals surface area contributed by atoms with E-state index in [-0.39, 0.29) is 5.69 Å². The van der Waals surface area contributed by atoms with Crippen molar-refractivity contribution in [3.8, 4) is 5.75 Å². The molecular weight excluding hydrogens is 650 g/mol. The van der Waals surface area contributed by atoms with E-state index in [0.29, 0.717) is 31.0 Å². The van der Waals surface area contributed by atoms with Crippen LogP contribution in [0.2, 0.25) is 5.02 Å². The molecule has 3 N–H and O–H groups in total. The molecule has 244 valence electrons. The first-order chi connectivity index (χ1) is 22.8. The Labute approximate surface area is 287 Å². The van der Waals surface area contributed by atoms with E-state index in [1.165, 1.54) is 4.88 Å². The number of carboxylic acids is 1. The number of allylic oxidation sites excluding steroid dienone is 1. The van der Waals surface area contributed by atoms with E-state index < -0.39 is 5.97 Å². The minimum atomic E-state index is -0.960. The normalized spacial score (nSPS) is 14.4. The number of carbonyl (C=O) groups is 1. The Bertz CT molecular complexity index is 2020. The average Bonchev–Trinajstić information content (AvgIpc) is 3.74. The molecule has 3 aromatic carbocycles. The fourth-order valence-electron chi connectivity index (χ4n) is 6.30. The smallest absolute Gasteiger partial charge is 0.352 e. The van der Waals surface area contributed by atoms with Crippen LogP contribution in [0.25, 0.3) is 27.8 Å². The Morgan fingerprint density at radius 2 is 2.06 bits per heavy atom. The van der Waals surface area contributed by atoms with Gasteiger partial charge in [0.1, 0.15) is 16.5 Å². The molecule has 0 spiro atoms. The number of hydrogen-bond acceptors (Lipinski definition) is 8. The zero-order valence-electron chi connectivity index (χ0n) is 26.8. The van der Waals surface area contributed by atoms with Crippen LogP contribution in [0, 0.1) is 6.92 Å². The molecule has 5 aromatic rings. The van der Waals surface area contributed by atoms with Gasteiger partial charge in [0.25, 0.3) is 0 Å². The van der Waals surface area contributed by atoms with Crippen molar-refractivity contribution in [1.82, 2.24) is 14.6 Å². The van der Waals surface area contributed by atoms with E-state index in [4.69, 9.17) is 22.1 Å². The van der Waals surface area contributed by atoms with E-state index in [2.05, 4.69) is 40.4 Å². The number of hydrogen-bond donors (Lipinski definition) is 2. The van der Waals surface area contributed by atoms with Crippen LogP contribution >= 0.6 is 34.7 Å². The molecule has 6 rings (SSSR count). The molecule has 1 fully saturated rings. The Morgan fingerprint density at radius 1 is 1.23 bits per heavy atom. The monoisotopic (exact) mass is 687 g/mol. The van der Waals surface area contributed by atoms with Gasteiger partial charge in [-0.2, -0.15) is 5.10 Å². The van der Waals surface area contributed by atoms with Crippen molar-refractivity contribution >= 4 is 74.6 Å². The van der Waals surface area contributed by atoms with Gasteiger partial charge in [-0.15, -0.1) is 23.1 Å². The molecule has 0 amide bonds. The van der Waals surface area contributed by atoms with Gasteiger partial charge in [0.05, 0.1) is 17.8 Å². The fourth-order valence-corrected chi connectivity index (χ4v) is 8.57. The van der Waals surface area contributed by atoms with Gasteiger partial charge in [-0.1, -0.05) is 41.9 Å². The van der Waals surface area contributed by atoms with Gasteiger partial charge in [-0.05, 0) is 74.8 Å². The molecule has 1 saturated heterocycles. The second-order valence-corrected chi connectivity index (χ2v) is 14.1. The van der Waals surface area contributed by atoms with Gasteiger partial charge in [0.2, 0.25) is 0 Å². The zero-order valence-corrected chi connectivity index (χ0v) is 29.1. The van der Waals surface area contributed by atoms with Crippen molar-refractivity contribution in [3.63, 3.8) is 0 Å². The molecule has 0 unspecified atom stereocenters. The molecule has 0 bridgehead atoms. The maximum atomic E-state index is 12.6. The quantitative estimate of drug-likeness (QED) is 0.0768. The SMILES string of the molecule is C/C=N/N1CCC/C1=C\c1c(Cl)ccc2c(CCCOc3cc(SCc4sc(CN)nc4C)cc4ccccc34)c(C(=O)O)n(C)c12. The second-order valence-electron chi connectivity index (χ2n) is 11.5. The summed E-state index contributed by atoms with van der Waals surface area (Å²) in [4.78, 5) is 19.5. The molecule has 3 heterocycles. The Kier molecular flexibility index (Phi) is 10.2. The summed E-state index contributed by atoms with van der Waals surface area (Å²) in [5.74, 6) is 0.674. The van der Waals surface area contributed by atoms with Crippen LogP contribution < -0.4 is 10.5 Å². The van der Waals surface area contributed by atoms with Gasteiger partial charge >= 0.3 is 5.97 Å². The van der Waals surface area contributed by atoms with Gasteiger partial charge in [0.15, 0.2) is 0 Å². The number of hydrazone groups is 1. The number of aromatic carboxylic acids is 1. The molecule has 11 heteroatoms. The van der Waals surface area contributed by atoms with Crippen molar-refractivity contribution in [2.75, 3.05) is 13.2 Å². The number of nitrogens with two attached hydrogens (primary N) is 1. The summed E-state index contributed by atoms with van der Waals surface area (Å²) >= 11 is 10.2. The lowest BCUT2D eigenvalue weighted by atomic mass is 10.0. The average molecular weight is 688 g/mol. The Hall–Kier alpha value is -3.83. The highest BCUT2D eigenvalue weighted by molar-refractivity contribution is 7.98. The first kappa shape index (κ1) is 33.1. The van der Waals surface area contributed by atoms with Gasteiger partial charge < -0.3 is 20.1 Å². The number of fused-ring (bicyclic) bond motifs is 2. The highest BCUT2D eigenvalue weighted by atomic mass is 35.5. The van der Waals surface area contributed by atoms with Gasteiger partial charge in [0, 0.05) is 68.9 Å². The molecular formula is C36H38ClN5O3S2. The molecule has 0 saturated carbocycles. The predicted molar refractivity (Wildman–Crippen MR) is 195 cm³/mol. The zero-order chi connectivity index (χ0) is 33.1. The number of ether oxygens (including phenoxy) is 1. The number of aromatic nitrogens is 2. The van der Waals surface area contributed by atoms with Crippen molar-refractivity contribution < 1.29 is 14.6 Å². The van der Waals surface area contributed by atoms with Crippen molar-refractivity contribution in [3.05, 3.63) is 91.7 Å². The molecule has 0 aliphatic carbocycles. The molecule has 47 heavy (non-hydrogen) atoms. The lowest BCUT2D eigenvalue weighted by molar-refractivity contribution is 0.0685. The number of benzene rings is 3. The first-order valence-electron chi connectivity index (χ1n) is 15.7. The number of rotatable bonds is 12. The van der Waals surface area contributed by atoms with Gasteiger partial charge in [-0.25, -0.2) is 9.78 Å². The van der Waals surface area contributed by atoms with Crippen LogP contribution in [0.1, 0.15) is 63.4 Å². The van der Waals surface area contributed by atoms with Crippen LogP contribution in [0.4, 0.5) is 0 Å². The number of carboxylic acid groups (broad SMARTS) is 1. The minimum absolute atomic E-state index is 0.275. The van der Waals surface area contributed by atoms with Crippen molar-refractivity contribution in [1.29, 1.82) is 0 Å². The third-order valence-corrected chi connectivity index (χ3v) is 11.2. The largest absolute Gasteiger partial charge is 0.493 e. The number of halogens is 1. The van der Waals surface area contributed by atoms with E-state index in [1.807, 2.05) is 43.1 Å². The summed E-state index contributed by atoms with van der Waals surface area (Å²) < 4.78 is 8.19. The Morgan fingerprint density at radius 3 is 2.83 bits per heavy atom. The van der Waals surface area contributed by atoms with Crippen molar-refractivity contribution in [2.24, 2.45) is 17.9 Å². The fraction of sp³-hybridized carbons (Fsp3) is 0.306. The Balaban J connectivity index is 1.24. The van der Waals surface area contributed by atoms with Crippen LogP contribution in [0.5, 0.6) is 5.75 Å². The molecule has 2 aromatic heterocycles. The molecule has 1 aliphatic rings. The summed E-state index contributed by atoms with van der Waals surface area (Å²) in [6, 6.07) is 16.3. The maximum absolute atomic E-state index is 12.6. The molecule has 0 atom stereocenters. The van der Waals surface area contributed by atoms with E-state index in [1.54, 1.807) is 40.9 Å². The van der Waals surface area contributed by atoms with Crippen LogP contribution in [-0.2, 0) is 25.8 Å². The summed E-state index contributed by atoms with van der Waals surface area (Å²) in [6.45, 7) is 5.68. The summed E-state index contributed by atoms with van der Waals surface area (Å²) in [6.07, 6.45) is 6.93. The van der Waals surface area contributed by atoms with Crippen molar-refractivity contribution in [2.45, 2.75) is 56.7 Å². The lowest BCUT2D eigenvalue weighted by Gasteiger charge is -2.14. The highest BCUT2D eigenvalue weighted by Crippen LogP contribution is 2.37. The molecule has 8 nitrogen and oxygen atoms in total. The maximum Gasteiger partial charge on any atom is 0.352 e. The highest BCUT2D eigenvalue weighted by Gasteiger charge is 2.24. The summed E-state index contributed by atoms with van der Waals surface area (Å²) in [7, 11) is 1.81. The predicted octanol–water partition coefficient (Wildman–Crippen LogP) is 8.65. The van der Waals surface area contributed by atoms with E-state index >= 15 is 0 Å². The topological polar surface area (TPSA) is 106 Å².